The van der Waals surface area contributed by atoms with Crippen molar-refractivity contribution in [2.24, 2.45) is 0 Å². The molecule has 2 aromatic carbocycles. The van der Waals surface area contributed by atoms with Crippen LogP contribution in [0.3, 0.4) is 0 Å². The summed E-state index contributed by atoms with van der Waals surface area (Å²) in [5, 5.41) is 2.32. The number of rotatable bonds is 2. The van der Waals surface area contributed by atoms with Gasteiger partial charge in [-0.2, -0.15) is 0 Å². The van der Waals surface area contributed by atoms with E-state index in [0.717, 1.165) is 30.5 Å². The molecule has 0 saturated carbocycles. The maximum Gasteiger partial charge on any atom is 0.322 e. The molecule has 0 spiro atoms. The molecule has 0 fully saturated rings. The molecule has 3 nitrogen and oxygen atoms in total. The Morgan fingerprint density at radius 3 is 2.55 bits per heavy atom. The predicted molar refractivity (Wildman–Crippen MR) is 80.6 cm³/mol. The van der Waals surface area contributed by atoms with E-state index >= 15 is 0 Å². The molecule has 2 aromatic rings. The summed E-state index contributed by atoms with van der Waals surface area (Å²) in [5.41, 5.74) is 1.89. The first kappa shape index (κ1) is 14.5. The van der Waals surface area contributed by atoms with E-state index in [4.69, 9.17) is 0 Å². The smallest absolute Gasteiger partial charge is 0.321 e. The molecular weight excluding hydrogens is 286 g/mol. The maximum atomic E-state index is 13.6. The average molecular weight is 302 g/mol. The van der Waals surface area contributed by atoms with Gasteiger partial charge in [0.05, 0.1) is 6.04 Å². The number of carbonyl (C=O) groups excluding carboxylic acids is 1. The van der Waals surface area contributed by atoms with E-state index in [0.29, 0.717) is 0 Å². The summed E-state index contributed by atoms with van der Waals surface area (Å²) < 4.78 is 27.2. The Hall–Kier alpha value is -2.43. The molecule has 1 aliphatic rings. The van der Waals surface area contributed by atoms with Crippen LogP contribution in [0.4, 0.5) is 19.3 Å². The lowest BCUT2D eigenvalue weighted by Crippen LogP contribution is -2.34. The first-order valence-electron chi connectivity index (χ1n) is 7.13. The van der Waals surface area contributed by atoms with Crippen molar-refractivity contribution in [3.05, 3.63) is 65.2 Å². The largest absolute Gasteiger partial charge is 0.322 e. The molecule has 0 aliphatic heterocycles. The number of carbonyl (C=O) groups is 1. The highest BCUT2D eigenvalue weighted by Gasteiger charge is 2.28. The van der Waals surface area contributed by atoms with Gasteiger partial charge in [0.1, 0.15) is 17.3 Å². The summed E-state index contributed by atoms with van der Waals surface area (Å²) in [4.78, 5) is 13.8. The number of aryl methyl sites for hydroxylation is 1. The summed E-state index contributed by atoms with van der Waals surface area (Å²) in [5.74, 6) is -1.57. The van der Waals surface area contributed by atoms with Gasteiger partial charge in [0.15, 0.2) is 0 Å². The van der Waals surface area contributed by atoms with Gasteiger partial charge in [0.2, 0.25) is 0 Å². The summed E-state index contributed by atoms with van der Waals surface area (Å²) in [6.45, 7) is 0. The second kappa shape index (κ2) is 5.75. The van der Waals surface area contributed by atoms with Crippen molar-refractivity contribution in [2.75, 3.05) is 12.4 Å². The number of fused-ring (bicyclic) bond motifs is 1. The van der Waals surface area contributed by atoms with E-state index in [1.54, 1.807) is 7.05 Å². The second-order valence-corrected chi connectivity index (χ2v) is 5.39. The third kappa shape index (κ3) is 2.54. The van der Waals surface area contributed by atoms with Crippen molar-refractivity contribution in [1.29, 1.82) is 0 Å². The average Bonchev–Trinajstić information content (AvgIpc) is 2.94. The third-order valence-corrected chi connectivity index (χ3v) is 4.08. The van der Waals surface area contributed by atoms with Gasteiger partial charge in [-0.15, -0.1) is 0 Å². The van der Waals surface area contributed by atoms with Gasteiger partial charge in [0.25, 0.3) is 0 Å². The van der Waals surface area contributed by atoms with Crippen molar-refractivity contribution in [3.8, 4) is 0 Å². The third-order valence-electron chi connectivity index (χ3n) is 4.08. The van der Waals surface area contributed by atoms with Gasteiger partial charge < -0.3 is 10.2 Å². The molecule has 0 bridgehead atoms. The Labute approximate surface area is 127 Å². The molecular formula is C17H16F2N2O. The van der Waals surface area contributed by atoms with Gasteiger partial charge in [-0.25, -0.2) is 13.6 Å². The number of nitrogens with one attached hydrogen (secondary N) is 1. The zero-order chi connectivity index (χ0) is 15.7. The Morgan fingerprint density at radius 2 is 1.82 bits per heavy atom. The van der Waals surface area contributed by atoms with Crippen LogP contribution in [0, 0.1) is 11.6 Å². The number of anilines is 1. The molecule has 1 aliphatic carbocycles. The van der Waals surface area contributed by atoms with E-state index in [-0.39, 0.29) is 6.04 Å². The number of amides is 2. The predicted octanol–water partition coefficient (Wildman–Crippen LogP) is 4.12. The van der Waals surface area contributed by atoms with Crippen LogP contribution >= 0.6 is 0 Å². The molecule has 3 rings (SSSR count). The van der Waals surface area contributed by atoms with Crippen molar-refractivity contribution in [1.82, 2.24) is 4.90 Å². The van der Waals surface area contributed by atoms with Crippen LogP contribution in [0.25, 0.3) is 0 Å². The molecule has 5 heteroatoms. The Bertz CT molecular complexity index is 697. The van der Waals surface area contributed by atoms with Crippen molar-refractivity contribution >= 4 is 11.7 Å². The zero-order valence-electron chi connectivity index (χ0n) is 12.1. The van der Waals surface area contributed by atoms with E-state index in [1.165, 1.54) is 16.5 Å². The Kier molecular flexibility index (Phi) is 3.79. The minimum Gasteiger partial charge on any atom is -0.321 e. The summed E-state index contributed by atoms with van der Waals surface area (Å²) in [6, 6.07) is 10.8. The van der Waals surface area contributed by atoms with E-state index in [9.17, 15) is 13.6 Å². The van der Waals surface area contributed by atoms with E-state index < -0.39 is 23.4 Å². The van der Waals surface area contributed by atoms with Crippen molar-refractivity contribution in [3.63, 3.8) is 0 Å². The number of benzene rings is 2. The molecule has 1 unspecified atom stereocenters. The highest BCUT2D eigenvalue weighted by atomic mass is 19.1. The van der Waals surface area contributed by atoms with Gasteiger partial charge in [-0.05, 0) is 36.1 Å². The van der Waals surface area contributed by atoms with Gasteiger partial charge in [0, 0.05) is 7.05 Å². The van der Waals surface area contributed by atoms with Gasteiger partial charge in [-0.1, -0.05) is 30.3 Å². The van der Waals surface area contributed by atoms with Crippen molar-refractivity contribution < 1.29 is 13.6 Å². The van der Waals surface area contributed by atoms with Crippen LogP contribution in [0.5, 0.6) is 0 Å². The molecule has 114 valence electrons. The molecule has 0 heterocycles. The fraction of sp³-hybridized carbons (Fsp3) is 0.235. The quantitative estimate of drug-likeness (QED) is 0.889. The highest BCUT2D eigenvalue weighted by Crippen LogP contribution is 2.35. The van der Waals surface area contributed by atoms with Crippen LogP contribution in [0.1, 0.15) is 23.6 Å². The van der Waals surface area contributed by atoms with E-state index in [1.807, 2.05) is 24.3 Å². The fourth-order valence-electron chi connectivity index (χ4n) is 2.89. The number of halogens is 2. The minimum absolute atomic E-state index is 0.0777. The monoisotopic (exact) mass is 302 g/mol. The first-order valence-corrected chi connectivity index (χ1v) is 7.13. The molecule has 1 N–H and O–H groups in total. The van der Waals surface area contributed by atoms with Gasteiger partial charge >= 0.3 is 6.03 Å². The van der Waals surface area contributed by atoms with Crippen LogP contribution in [-0.2, 0) is 6.42 Å². The molecule has 2 amide bonds. The minimum atomic E-state index is -0.784. The Morgan fingerprint density at radius 1 is 1.14 bits per heavy atom. The lowest BCUT2D eigenvalue weighted by Gasteiger charge is -2.26. The first-order chi connectivity index (χ1) is 10.6. The molecule has 0 radical (unpaired) electrons. The SMILES string of the molecule is CN(C(=O)Nc1c(F)cccc1F)C1CCc2ccccc21. The van der Waals surface area contributed by atoms with Crippen molar-refractivity contribution in [2.45, 2.75) is 18.9 Å². The van der Waals surface area contributed by atoms with Gasteiger partial charge in [-0.3, -0.25) is 0 Å². The second-order valence-electron chi connectivity index (χ2n) is 5.39. The maximum absolute atomic E-state index is 13.6. The standard InChI is InChI=1S/C17H16F2N2O/c1-21(15-10-9-11-5-2-3-6-12(11)15)17(22)20-16-13(18)7-4-8-14(16)19/h2-8,15H,9-10H2,1H3,(H,20,22). The lowest BCUT2D eigenvalue weighted by atomic mass is 10.1. The van der Waals surface area contributed by atoms with Crippen LogP contribution in [-0.4, -0.2) is 18.0 Å². The number of hydrogen-bond acceptors (Lipinski definition) is 1. The fourth-order valence-corrected chi connectivity index (χ4v) is 2.89. The summed E-state index contributed by atoms with van der Waals surface area (Å²) in [7, 11) is 1.64. The summed E-state index contributed by atoms with van der Waals surface area (Å²) in [6.07, 6.45) is 1.70. The number of hydrogen-bond donors (Lipinski definition) is 1. The van der Waals surface area contributed by atoms with Crippen LogP contribution in [0.15, 0.2) is 42.5 Å². The molecule has 0 aromatic heterocycles. The summed E-state index contributed by atoms with van der Waals surface area (Å²) >= 11 is 0. The number of nitrogens with zero attached hydrogens (tertiary/aromatic N) is 1. The topological polar surface area (TPSA) is 32.3 Å². The lowest BCUT2D eigenvalue weighted by molar-refractivity contribution is 0.204. The van der Waals surface area contributed by atoms with Crippen LogP contribution in [0.2, 0.25) is 0 Å². The van der Waals surface area contributed by atoms with Crippen LogP contribution < -0.4 is 5.32 Å². The number of para-hydroxylation sites is 1. The number of urea groups is 1. The normalized spacial score (nSPS) is 16.2. The molecule has 0 saturated heterocycles. The molecule has 1 atom stereocenters. The zero-order valence-corrected chi connectivity index (χ0v) is 12.1. The highest BCUT2D eigenvalue weighted by molar-refractivity contribution is 5.89. The Balaban J connectivity index is 1.79. The molecule has 22 heavy (non-hydrogen) atoms. The van der Waals surface area contributed by atoms with E-state index in [2.05, 4.69) is 5.32 Å².